The first-order valence-electron chi connectivity index (χ1n) is 12.7. The summed E-state index contributed by atoms with van der Waals surface area (Å²) < 4.78 is 42.7. The van der Waals surface area contributed by atoms with Crippen LogP contribution in [0.1, 0.15) is 54.1 Å². The lowest BCUT2D eigenvalue weighted by Gasteiger charge is -2.28. The van der Waals surface area contributed by atoms with E-state index in [1.54, 1.807) is 27.7 Å². The molecule has 0 spiro atoms. The number of halogens is 2. The van der Waals surface area contributed by atoms with Gasteiger partial charge in [0, 0.05) is 23.6 Å². The van der Waals surface area contributed by atoms with Gasteiger partial charge < -0.3 is 18.9 Å². The van der Waals surface area contributed by atoms with Crippen LogP contribution in [0.2, 0.25) is 0 Å². The van der Waals surface area contributed by atoms with Crippen LogP contribution in [0.3, 0.4) is 0 Å². The molecule has 2 aromatic carbocycles. The number of esters is 1. The van der Waals surface area contributed by atoms with E-state index in [9.17, 15) is 9.59 Å². The summed E-state index contributed by atoms with van der Waals surface area (Å²) in [6, 6.07) is 11.7. The fraction of sp³-hybridized carbons (Fsp3) is 0.464. The molecule has 1 fully saturated rings. The number of alkyl halides is 2. The second-order valence-electron chi connectivity index (χ2n) is 9.91. The second kappa shape index (κ2) is 10.1. The van der Waals surface area contributed by atoms with Crippen molar-refractivity contribution < 1.29 is 27.8 Å². The van der Waals surface area contributed by atoms with Gasteiger partial charge in [0.2, 0.25) is 0 Å². The van der Waals surface area contributed by atoms with Crippen molar-refractivity contribution in [1.82, 2.24) is 14.5 Å². The van der Waals surface area contributed by atoms with Crippen LogP contribution in [0, 0.1) is 5.92 Å². The van der Waals surface area contributed by atoms with E-state index in [0.29, 0.717) is 62.1 Å². The van der Waals surface area contributed by atoms with Crippen LogP contribution in [-0.2, 0) is 39.7 Å². The highest BCUT2D eigenvalue weighted by Gasteiger charge is 2.37. The predicted octanol–water partition coefficient (Wildman–Crippen LogP) is 5.40. The van der Waals surface area contributed by atoms with Gasteiger partial charge in [0.05, 0.1) is 44.3 Å². The average Bonchev–Trinajstić information content (AvgIpc) is 3.30. The van der Waals surface area contributed by atoms with Crippen molar-refractivity contribution in [3.05, 3.63) is 65.0 Å². The molecule has 0 unspecified atom stereocenters. The SMILES string of the molecule is COC(=O)C1CCC(c2nc3c4c(ccc3n2CC(F)(F)c2ccccc2)CCN(C(=O)OC)C4)CC1. The lowest BCUT2D eigenvalue weighted by atomic mass is 9.81. The Morgan fingerprint density at radius 3 is 2.43 bits per heavy atom. The zero-order valence-electron chi connectivity index (χ0n) is 21.1. The van der Waals surface area contributed by atoms with Crippen molar-refractivity contribution >= 4 is 23.1 Å². The Labute approximate surface area is 214 Å². The van der Waals surface area contributed by atoms with Crippen molar-refractivity contribution in [3.63, 3.8) is 0 Å². The fourth-order valence-electron chi connectivity index (χ4n) is 5.73. The van der Waals surface area contributed by atoms with E-state index in [1.807, 2.05) is 12.1 Å². The molecule has 9 heteroatoms. The van der Waals surface area contributed by atoms with Gasteiger partial charge in [-0.1, -0.05) is 36.4 Å². The predicted molar refractivity (Wildman–Crippen MR) is 133 cm³/mol. The molecule has 5 rings (SSSR count). The van der Waals surface area contributed by atoms with Gasteiger partial charge >= 0.3 is 12.1 Å². The van der Waals surface area contributed by atoms with Crippen LogP contribution >= 0.6 is 0 Å². The summed E-state index contributed by atoms with van der Waals surface area (Å²) in [6.07, 6.45) is 2.81. The highest BCUT2D eigenvalue weighted by Crippen LogP contribution is 2.40. The van der Waals surface area contributed by atoms with E-state index in [0.717, 1.165) is 11.1 Å². The highest BCUT2D eigenvalue weighted by atomic mass is 19.3. The number of nitrogens with zero attached hydrogens (tertiary/aromatic N) is 3. The Bertz CT molecular complexity index is 1300. The third-order valence-electron chi connectivity index (χ3n) is 7.76. The van der Waals surface area contributed by atoms with Gasteiger partial charge in [-0.25, -0.2) is 9.78 Å². The standard InChI is InChI=1S/C28H31F2N3O4/c1-36-26(34)20-10-8-19(9-11-20)25-31-24-22-16-32(27(35)37-2)15-14-18(22)12-13-23(24)33(25)17-28(29,30)21-6-4-3-5-7-21/h3-7,12-13,19-20H,8-11,14-17H2,1-2H3. The molecule has 2 heterocycles. The zero-order chi connectivity index (χ0) is 26.2. The number of ether oxygens (including phenoxy) is 2. The quantitative estimate of drug-likeness (QED) is 0.429. The minimum atomic E-state index is -3.11. The number of aromatic nitrogens is 2. The van der Waals surface area contributed by atoms with Crippen LogP contribution in [0.25, 0.3) is 11.0 Å². The van der Waals surface area contributed by atoms with Crippen LogP contribution in [0.15, 0.2) is 42.5 Å². The molecule has 0 bridgehead atoms. The number of methoxy groups -OCH3 is 2. The first kappa shape index (κ1) is 25.2. The lowest BCUT2D eigenvalue weighted by Crippen LogP contribution is -2.35. The molecule has 0 saturated heterocycles. The summed E-state index contributed by atoms with van der Waals surface area (Å²) in [5.41, 5.74) is 3.17. The van der Waals surface area contributed by atoms with Crippen LogP contribution in [-0.4, -0.2) is 47.3 Å². The number of carbonyl (C=O) groups is 2. The van der Waals surface area contributed by atoms with Crippen molar-refractivity contribution in [2.24, 2.45) is 5.92 Å². The van der Waals surface area contributed by atoms with Gasteiger partial charge in [-0.05, 0) is 43.7 Å². The molecule has 7 nitrogen and oxygen atoms in total. The van der Waals surface area contributed by atoms with Gasteiger partial charge in [0.25, 0.3) is 5.92 Å². The summed E-state index contributed by atoms with van der Waals surface area (Å²) >= 11 is 0. The maximum absolute atomic E-state index is 15.6. The van der Waals surface area contributed by atoms with Crippen molar-refractivity contribution in [2.45, 2.75) is 57.0 Å². The van der Waals surface area contributed by atoms with Crippen LogP contribution < -0.4 is 0 Å². The smallest absolute Gasteiger partial charge is 0.409 e. The van der Waals surface area contributed by atoms with E-state index >= 15 is 8.78 Å². The molecule has 1 aliphatic heterocycles. The van der Waals surface area contributed by atoms with Crippen LogP contribution in [0.5, 0.6) is 0 Å². The minimum Gasteiger partial charge on any atom is -0.469 e. The molecular weight excluding hydrogens is 480 g/mol. The van der Waals surface area contributed by atoms with Crippen molar-refractivity contribution in [3.8, 4) is 0 Å². The number of carbonyl (C=O) groups excluding carboxylic acids is 2. The number of rotatable bonds is 5. The molecule has 3 aromatic rings. The fourth-order valence-corrected chi connectivity index (χ4v) is 5.73. The minimum absolute atomic E-state index is 0.0491. The molecule has 1 saturated carbocycles. The summed E-state index contributed by atoms with van der Waals surface area (Å²) in [4.78, 5) is 30.9. The maximum Gasteiger partial charge on any atom is 0.409 e. The number of hydrogen-bond donors (Lipinski definition) is 0. The summed E-state index contributed by atoms with van der Waals surface area (Å²) in [6.45, 7) is 0.307. The molecule has 196 valence electrons. The van der Waals surface area contributed by atoms with E-state index in [2.05, 4.69) is 0 Å². The average molecular weight is 512 g/mol. The van der Waals surface area contributed by atoms with Gasteiger partial charge in [-0.2, -0.15) is 8.78 Å². The number of hydrogen-bond acceptors (Lipinski definition) is 5. The Kier molecular flexibility index (Phi) is 6.88. The Hall–Kier alpha value is -3.49. The number of amides is 1. The molecular formula is C28H31F2N3O4. The number of imidazole rings is 1. The Morgan fingerprint density at radius 1 is 1.03 bits per heavy atom. The van der Waals surface area contributed by atoms with Crippen LogP contribution in [0.4, 0.5) is 13.6 Å². The molecule has 37 heavy (non-hydrogen) atoms. The highest BCUT2D eigenvalue weighted by molar-refractivity contribution is 5.82. The van der Waals surface area contributed by atoms with Crippen molar-refractivity contribution in [1.29, 1.82) is 0 Å². The Balaban J connectivity index is 1.57. The van der Waals surface area contributed by atoms with E-state index < -0.39 is 18.6 Å². The first-order chi connectivity index (χ1) is 17.8. The summed E-state index contributed by atoms with van der Waals surface area (Å²) in [5, 5.41) is 0. The number of fused-ring (bicyclic) bond motifs is 3. The molecule has 1 amide bonds. The summed E-state index contributed by atoms with van der Waals surface area (Å²) in [5.74, 6) is -2.96. The van der Waals surface area contributed by atoms with E-state index in [-0.39, 0.29) is 23.4 Å². The number of benzene rings is 2. The topological polar surface area (TPSA) is 73.7 Å². The van der Waals surface area contributed by atoms with Gasteiger partial charge in [0.15, 0.2) is 0 Å². The van der Waals surface area contributed by atoms with E-state index in [4.69, 9.17) is 14.5 Å². The molecule has 2 aliphatic rings. The Morgan fingerprint density at radius 2 is 1.76 bits per heavy atom. The molecule has 0 N–H and O–H groups in total. The van der Waals surface area contributed by atoms with Crippen molar-refractivity contribution in [2.75, 3.05) is 20.8 Å². The molecule has 1 aromatic heterocycles. The second-order valence-corrected chi connectivity index (χ2v) is 9.91. The molecule has 1 aliphatic carbocycles. The molecule has 0 radical (unpaired) electrons. The summed E-state index contributed by atoms with van der Waals surface area (Å²) in [7, 11) is 2.74. The van der Waals surface area contributed by atoms with Gasteiger partial charge in [0.1, 0.15) is 5.82 Å². The third kappa shape index (κ3) is 4.79. The van der Waals surface area contributed by atoms with E-state index in [1.165, 1.54) is 26.4 Å². The maximum atomic E-state index is 15.6. The molecule has 0 atom stereocenters. The largest absolute Gasteiger partial charge is 0.469 e. The zero-order valence-corrected chi connectivity index (χ0v) is 21.1. The third-order valence-corrected chi connectivity index (χ3v) is 7.76. The normalized spacial score (nSPS) is 19.9. The van der Waals surface area contributed by atoms with Gasteiger partial charge in [-0.15, -0.1) is 0 Å². The lowest BCUT2D eigenvalue weighted by molar-refractivity contribution is -0.146. The first-order valence-corrected chi connectivity index (χ1v) is 12.7. The monoisotopic (exact) mass is 511 g/mol. The van der Waals surface area contributed by atoms with Gasteiger partial charge in [-0.3, -0.25) is 4.79 Å².